The normalized spacial score (nSPS) is 10.7. The van der Waals surface area contributed by atoms with Crippen molar-refractivity contribution in [3.63, 3.8) is 0 Å². The Hall–Kier alpha value is -3.48. The summed E-state index contributed by atoms with van der Waals surface area (Å²) in [7, 11) is 0. The van der Waals surface area contributed by atoms with Crippen molar-refractivity contribution in [3.05, 3.63) is 72.0 Å². The van der Waals surface area contributed by atoms with Crippen molar-refractivity contribution in [2.24, 2.45) is 5.73 Å². The number of anilines is 1. The standard InChI is InChI=1S/C22H22FN3O3/c1-15-2-4-16(5-3-15)19-14-25-21(29-19)10-11-22(28)26(13-12-20(24)27)18-8-6-17(23)7-9-18/h2-9,14H,10-13H2,1H3,(H2,24,27). The molecule has 1 aromatic heterocycles. The highest BCUT2D eigenvalue weighted by molar-refractivity contribution is 5.94. The van der Waals surface area contributed by atoms with E-state index in [2.05, 4.69) is 4.98 Å². The number of nitrogens with two attached hydrogens (primary N) is 1. The number of carbonyl (C=O) groups is 2. The number of hydrogen-bond donors (Lipinski definition) is 1. The van der Waals surface area contributed by atoms with Gasteiger partial charge in [0.15, 0.2) is 11.7 Å². The summed E-state index contributed by atoms with van der Waals surface area (Å²) in [6, 6.07) is 13.4. The summed E-state index contributed by atoms with van der Waals surface area (Å²) in [6.45, 7) is 2.13. The average molecular weight is 395 g/mol. The molecular formula is C22H22FN3O3. The van der Waals surface area contributed by atoms with Gasteiger partial charge in [-0.2, -0.15) is 0 Å². The fourth-order valence-electron chi connectivity index (χ4n) is 2.87. The molecule has 0 atom stereocenters. The van der Waals surface area contributed by atoms with Crippen LogP contribution in [0.25, 0.3) is 11.3 Å². The zero-order valence-electron chi connectivity index (χ0n) is 16.1. The highest BCUT2D eigenvalue weighted by Gasteiger charge is 2.18. The van der Waals surface area contributed by atoms with Crippen molar-refractivity contribution in [1.29, 1.82) is 0 Å². The molecule has 0 fully saturated rings. The molecule has 0 saturated heterocycles. The molecule has 1 heterocycles. The number of aromatic nitrogens is 1. The Morgan fingerprint density at radius 2 is 1.76 bits per heavy atom. The molecule has 2 N–H and O–H groups in total. The third-order valence-electron chi connectivity index (χ3n) is 4.46. The van der Waals surface area contributed by atoms with Gasteiger partial charge in [0.05, 0.1) is 6.20 Å². The van der Waals surface area contributed by atoms with E-state index in [1.165, 1.54) is 29.2 Å². The number of amides is 2. The maximum atomic E-state index is 13.2. The van der Waals surface area contributed by atoms with Crippen LogP contribution in [0.5, 0.6) is 0 Å². The minimum Gasteiger partial charge on any atom is -0.441 e. The Morgan fingerprint density at radius 3 is 2.41 bits per heavy atom. The molecule has 0 aliphatic rings. The second kappa shape index (κ2) is 9.14. The highest BCUT2D eigenvalue weighted by Crippen LogP contribution is 2.22. The van der Waals surface area contributed by atoms with E-state index in [1.807, 2.05) is 31.2 Å². The second-order valence-corrected chi connectivity index (χ2v) is 6.72. The van der Waals surface area contributed by atoms with Crippen LogP contribution in [0.3, 0.4) is 0 Å². The van der Waals surface area contributed by atoms with E-state index in [9.17, 15) is 14.0 Å². The number of oxazole rings is 1. The molecule has 2 amide bonds. The van der Waals surface area contributed by atoms with Crippen LogP contribution in [-0.2, 0) is 16.0 Å². The maximum absolute atomic E-state index is 13.2. The van der Waals surface area contributed by atoms with Crippen molar-refractivity contribution in [2.45, 2.75) is 26.2 Å². The summed E-state index contributed by atoms with van der Waals surface area (Å²) in [5, 5.41) is 0. The van der Waals surface area contributed by atoms with Crippen molar-refractivity contribution in [2.75, 3.05) is 11.4 Å². The lowest BCUT2D eigenvalue weighted by Gasteiger charge is -2.22. The van der Waals surface area contributed by atoms with Crippen LogP contribution in [-0.4, -0.2) is 23.3 Å². The molecule has 2 aromatic carbocycles. The monoisotopic (exact) mass is 395 g/mol. The first-order valence-electron chi connectivity index (χ1n) is 9.28. The molecule has 0 unspecified atom stereocenters. The van der Waals surface area contributed by atoms with Crippen molar-refractivity contribution < 1.29 is 18.4 Å². The number of carbonyl (C=O) groups excluding carboxylic acids is 2. The molecule has 3 aromatic rings. The van der Waals surface area contributed by atoms with Crippen LogP contribution in [0.4, 0.5) is 10.1 Å². The first-order valence-corrected chi connectivity index (χ1v) is 9.28. The molecule has 150 valence electrons. The van der Waals surface area contributed by atoms with Gasteiger partial charge in [0.2, 0.25) is 11.8 Å². The smallest absolute Gasteiger partial charge is 0.227 e. The molecule has 0 spiro atoms. The lowest BCUT2D eigenvalue weighted by Crippen LogP contribution is -2.34. The fraction of sp³-hybridized carbons (Fsp3) is 0.227. The van der Waals surface area contributed by atoms with Gasteiger partial charge in [-0.25, -0.2) is 9.37 Å². The summed E-state index contributed by atoms with van der Waals surface area (Å²) in [5.74, 6) is -0.0628. The first-order chi connectivity index (χ1) is 13.9. The quantitative estimate of drug-likeness (QED) is 0.631. The Bertz CT molecular complexity index is 981. The topological polar surface area (TPSA) is 89.4 Å². The van der Waals surface area contributed by atoms with Crippen LogP contribution in [0.1, 0.15) is 24.3 Å². The summed E-state index contributed by atoms with van der Waals surface area (Å²) in [6.07, 6.45) is 2.08. The summed E-state index contributed by atoms with van der Waals surface area (Å²) < 4.78 is 19.0. The Labute approximate surface area is 168 Å². The van der Waals surface area contributed by atoms with Crippen LogP contribution in [0.15, 0.2) is 59.1 Å². The summed E-state index contributed by atoms with van der Waals surface area (Å²) in [4.78, 5) is 29.6. The van der Waals surface area contributed by atoms with E-state index in [0.29, 0.717) is 23.8 Å². The van der Waals surface area contributed by atoms with Crippen LogP contribution < -0.4 is 10.6 Å². The lowest BCUT2D eigenvalue weighted by atomic mass is 10.1. The van der Waals surface area contributed by atoms with Gasteiger partial charge in [0.25, 0.3) is 0 Å². The molecule has 0 radical (unpaired) electrons. The minimum atomic E-state index is -0.514. The van der Waals surface area contributed by atoms with E-state index in [1.54, 1.807) is 6.20 Å². The van der Waals surface area contributed by atoms with Gasteiger partial charge in [-0.1, -0.05) is 29.8 Å². The Balaban J connectivity index is 1.67. The van der Waals surface area contributed by atoms with Gasteiger partial charge in [-0.3, -0.25) is 9.59 Å². The molecule has 6 nitrogen and oxygen atoms in total. The molecule has 7 heteroatoms. The number of benzene rings is 2. The third kappa shape index (κ3) is 5.51. The van der Waals surface area contributed by atoms with Gasteiger partial charge in [-0.15, -0.1) is 0 Å². The molecule has 0 bridgehead atoms. The summed E-state index contributed by atoms with van der Waals surface area (Å²) >= 11 is 0. The molecule has 29 heavy (non-hydrogen) atoms. The first kappa shape index (κ1) is 20.3. The number of halogens is 1. The molecular weight excluding hydrogens is 373 g/mol. The zero-order valence-corrected chi connectivity index (χ0v) is 16.1. The molecule has 0 saturated carbocycles. The second-order valence-electron chi connectivity index (χ2n) is 6.72. The number of rotatable bonds is 8. The van der Waals surface area contributed by atoms with E-state index in [-0.39, 0.29) is 25.3 Å². The van der Waals surface area contributed by atoms with Gasteiger partial charge in [0, 0.05) is 37.1 Å². The number of primary amides is 1. The van der Waals surface area contributed by atoms with Gasteiger partial charge < -0.3 is 15.1 Å². The fourth-order valence-corrected chi connectivity index (χ4v) is 2.87. The third-order valence-corrected chi connectivity index (χ3v) is 4.46. The van der Waals surface area contributed by atoms with E-state index < -0.39 is 11.7 Å². The Kier molecular flexibility index (Phi) is 6.39. The zero-order chi connectivity index (χ0) is 20.8. The van der Waals surface area contributed by atoms with E-state index in [0.717, 1.165) is 11.1 Å². The van der Waals surface area contributed by atoms with Crippen LogP contribution >= 0.6 is 0 Å². The SMILES string of the molecule is Cc1ccc(-c2cnc(CCC(=O)N(CCC(N)=O)c3ccc(F)cc3)o2)cc1. The molecule has 3 rings (SSSR count). The predicted octanol–water partition coefficient (Wildman–Crippen LogP) is 3.63. The predicted molar refractivity (Wildman–Crippen MR) is 108 cm³/mol. The van der Waals surface area contributed by atoms with Crippen molar-refractivity contribution in [3.8, 4) is 11.3 Å². The van der Waals surface area contributed by atoms with Crippen LogP contribution in [0.2, 0.25) is 0 Å². The largest absolute Gasteiger partial charge is 0.441 e. The van der Waals surface area contributed by atoms with Crippen LogP contribution in [0, 0.1) is 12.7 Å². The molecule has 0 aliphatic heterocycles. The lowest BCUT2D eigenvalue weighted by molar-refractivity contribution is -0.119. The number of nitrogens with zero attached hydrogens (tertiary/aromatic N) is 2. The highest BCUT2D eigenvalue weighted by atomic mass is 19.1. The molecule has 0 aliphatic carbocycles. The minimum absolute atomic E-state index is 0.0136. The van der Waals surface area contributed by atoms with Gasteiger partial charge in [0.1, 0.15) is 5.82 Å². The van der Waals surface area contributed by atoms with Gasteiger partial charge in [-0.05, 0) is 31.2 Å². The van der Waals surface area contributed by atoms with E-state index >= 15 is 0 Å². The van der Waals surface area contributed by atoms with E-state index in [4.69, 9.17) is 10.2 Å². The number of hydrogen-bond acceptors (Lipinski definition) is 4. The van der Waals surface area contributed by atoms with Crippen molar-refractivity contribution in [1.82, 2.24) is 4.98 Å². The maximum Gasteiger partial charge on any atom is 0.227 e. The summed E-state index contributed by atoms with van der Waals surface area (Å²) in [5.41, 5.74) is 7.78. The van der Waals surface area contributed by atoms with Crippen molar-refractivity contribution >= 4 is 17.5 Å². The average Bonchev–Trinajstić information content (AvgIpc) is 3.17. The number of aryl methyl sites for hydroxylation is 2. The Morgan fingerprint density at radius 1 is 1.07 bits per heavy atom. The van der Waals surface area contributed by atoms with Gasteiger partial charge >= 0.3 is 0 Å².